The van der Waals surface area contributed by atoms with Crippen LogP contribution in [0.15, 0.2) is 229 Å². The van der Waals surface area contributed by atoms with E-state index in [1.165, 1.54) is 55.6 Å². The van der Waals surface area contributed by atoms with Gasteiger partial charge in [-0.15, -0.1) is 0 Å². The van der Waals surface area contributed by atoms with Crippen LogP contribution < -0.4 is 9.64 Å². The highest BCUT2D eigenvalue weighted by Crippen LogP contribution is 2.51. The molecule has 11 aromatic rings. The highest BCUT2D eigenvalue weighted by atomic mass is 16.5. The number of nitrogens with zero attached hydrogens (tertiary/aromatic N) is 1. The van der Waals surface area contributed by atoms with Gasteiger partial charge in [-0.05, 0) is 115 Å². The number of furan rings is 1. The maximum atomic E-state index is 6.38. The van der Waals surface area contributed by atoms with Crippen molar-refractivity contribution in [3.8, 4) is 72.5 Å². The lowest BCUT2D eigenvalue weighted by Crippen LogP contribution is -2.16. The van der Waals surface area contributed by atoms with Gasteiger partial charge < -0.3 is 14.1 Å². The SMILES string of the molecule is CC1(C)c2ccccc2-c2ccc(N(c3ccc(-c4ccc(-c5cccc6c5COc5ccccc5-6)cc4)cc3)c3ccc(-c4ccc(-c5cccc6c5oc5ccccc56)cc4)cc3)cc21. The van der Waals surface area contributed by atoms with Crippen LogP contribution in [0.2, 0.25) is 0 Å². The van der Waals surface area contributed by atoms with Crippen LogP contribution in [0.25, 0.3) is 88.7 Å². The van der Waals surface area contributed by atoms with E-state index in [0.29, 0.717) is 6.61 Å². The summed E-state index contributed by atoms with van der Waals surface area (Å²) in [6.07, 6.45) is 0. The molecular weight excluding hydrogens is 815 g/mol. The predicted octanol–water partition coefficient (Wildman–Crippen LogP) is 17.6. The Bertz CT molecular complexity index is 3690. The van der Waals surface area contributed by atoms with Crippen LogP contribution in [0.5, 0.6) is 5.75 Å². The smallest absolute Gasteiger partial charge is 0.143 e. The summed E-state index contributed by atoms with van der Waals surface area (Å²) in [7, 11) is 0. The van der Waals surface area contributed by atoms with Crippen molar-refractivity contribution >= 4 is 39.0 Å². The van der Waals surface area contributed by atoms with Crippen molar-refractivity contribution in [2.75, 3.05) is 4.90 Å². The van der Waals surface area contributed by atoms with Crippen LogP contribution in [0, 0.1) is 0 Å². The molecule has 2 aliphatic rings. The predicted molar refractivity (Wildman–Crippen MR) is 277 cm³/mol. The Morgan fingerprint density at radius 1 is 0.373 bits per heavy atom. The van der Waals surface area contributed by atoms with E-state index in [-0.39, 0.29) is 5.41 Å². The molecule has 2 heterocycles. The summed E-state index contributed by atoms with van der Waals surface area (Å²) in [5, 5.41) is 2.28. The van der Waals surface area contributed by atoms with Gasteiger partial charge in [0.25, 0.3) is 0 Å². The molecule has 0 radical (unpaired) electrons. The van der Waals surface area contributed by atoms with Gasteiger partial charge in [-0.3, -0.25) is 0 Å². The van der Waals surface area contributed by atoms with Gasteiger partial charge in [0.15, 0.2) is 0 Å². The van der Waals surface area contributed by atoms with Gasteiger partial charge >= 0.3 is 0 Å². The monoisotopic (exact) mass is 859 g/mol. The Morgan fingerprint density at radius 3 is 1.58 bits per heavy atom. The van der Waals surface area contributed by atoms with Crippen molar-refractivity contribution in [1.82, 2.24) is 0 Å². The lowest BCUT2D eigenvalue weighted by molar-refractivity contribution is 0.303. The average Bonchev–Trinajstić information content (AvgIpc) is 3.88. The zero-order chi connectivity index (χ0) is 44.6. The number of ether oxygens (including phenoxy) is 1. The Balaban J connectivity index is 0.828. The molecule has 0 spiro atoms. The van der Waals surface area contributed by atoms with Gasteiger partial charge in [0.05, 0.1) is 0 Å². The fraction of sp³-hybridized carbons (Fsp3) is 0.0625. The maximum Gasteiger partial charge on any atom is 0.143 e. The summed E-state index contributed by atoms with van der Waals surface area (Å²) in [4.78, 5) is 2.39. The number of fused-ring (bicyclic) bond motifs is 9. The van der Waals surface area contributed by atoms with E-state index in [1.807, 2.05) is 18.2 Å². The highest BCUT2D eigenvalue weighted by Gasteiger charge is 2.35. The van der Waals surface area contributed by atoms with Crippen LogP contribution in [-0.4, -0.2) is 0 Å². The number of hydrogen-bond acceptors (Lipinski definition) is 3. The third-order valence-electron chi connectivity index (χ3n) is 14.3. The first kappa shape index (κ1) is 39.0. The molecule has 0 saturated heterocycles. The van der Waals surface area contributed by atoms with Crippen LogP contribution >= 0.6 is 0 Å². The molecule has 13 rings (SSSR count). The zero-order valence-electron chi connectivity index (χ0n) is 37.3. The van der Waals surface area contributed by atoms with Crippen LogP contribution in [0.4, 0.5) is 17.1 Å². The molecule has 0 amide bonds. The van der Waals surface area contributed by atoms with Gasteiger partial charge in [0.1, 0.15) is 23.5 Å². The normalized spacial score (nSPS) is 13.1. The van der Waals surface area contributed by atoms with Crippen molar-refractivity contribution in [1.29, 1.82) is 0 Å². The number of anilines is 3. The molecular formula is C64H45NO2. The lowest BCUT2D eigenvalue weighted by Gasteiger charge is -2.28. The first-order chi connectivity index (χ1) is 33.0. The first-order valence-electron chi connectivity index (χ1n) is 23.2. The fourth-order valence-corrected chi connectivity index (χ4v) is 10.8. The van der Waals surface area contributed by atoms with Gasteiger partial charge in [-0.1, -0.05) is 190 Å². The summed E-state index contributed by atoms with van der Waals surface area (Å²) in [6, 6.07) is 81.3. The maximum absolute atomic E-state index is 6.38. The molecule has 3 heteroatoms. The van der Waals surface area contributed by atoms with Gasteiger partial charge in [-0.2, -0.15) is 0 Å². The van der Waals surface area contributed by atoms with E-state index in [9.17, 15) is 0 Å². The van der Waals surface area contributed by atoms with Crippen LogP contribution in [0.1, 0.15) is 30.5 Å². The lowest BCUT2D eigenvalue weighted by atomic mass is 9.82. The molecule has 0 fully saturated rings. The molecule has 10 aromatic carbocycles. The number of para-hydroxylation sites is 3. The summed E-state index contributed by atoms with van der Waals surface area (Å²) in [5.41, 5.74) is 23.3. The Morgan fingerprint density at radius 2 is 0.866 bits per heavy atom. The standard InChI is InChI=1S/C64H45NO2/c1-64(2)59-18-6-3-11-53(59)54-38-37-49(39-60(54)64)65(48-35-31-44(32-36-48)42-23-27-46(28-24-42)51-15-10-17-57-56-13-5-8-20-62(56)67-63(51)57)47-33-29-43(30-34-47)41-21-25-45(26-22-41)50-14-9-16-52-55-12-4-7-19-61(55)66-40-58(50)52/h3-39H,40H2,1-2H3. The summed E-state index contributed by atoms with van der Waals surface area (Å²) in [5.74, 6) is 0.947. The van der Waals surface area contributed by atoms with Crippen molar-refractivity contribution in [2.24, 2.45) is 0 Å². The molecule has 318 valence electrons. The molecule has 67 heavy (non-hydrogen) atoms. The van der Waals surface area contributed by atoms with Crippen molar-refractivity contribution < 1.29 is 9.15 Å². The largest absolute Gasteiger partial charge is 0.488 e. The summed E-state index contributed by atoms with van der Waals surface area (Å²) >= 11 is 0. The number of rotatable bonds is 7. The minimum Gasteiger partial charge on any atom is -0.488 e. The Labute approximate surface area is 390 Å². The minimum atomic E-state index is -0.119. The van der Waals surface area contributed by atoms with E-state index >= 15 is 0 Å². The molecule has 0 unspecified atom stereocenters. The van der Waals surface area contributed by atoms with Crippen LogP contribution in [-0.2, 0) is 12.0 Å². The van der Waals surface area contributed by atoms with Gasteiger partial charge in [0, 0.05) is 49.9 Å². The number of benzene rings is 10. The van der Waals surface area contributed by atoms with Crippen LogP contribution in [0.3, 0.4) is 0 Å². The van der Waals surface area contributed by atoms with Gasteiger partial charge in [-0.25, -0.2) is 0 Å². The molecule has 0 saturated carbocycles. The fourth-order valence-electron chi connectivity index (χ4n) is 10.8. The molecule has 3 nitrogen and oxygen atoms in total. The molecule has 1 aliphatic heterocycles. The second-order valence-electron chi connectivity index (χ2n) is 18.4. The van der Waals surface area contributed by atoms with Crippen molar-refractivity contribution in [3.63, 3.8) is 0 Å². The number of hydrogen-bond donors (Lipinski definition) is 0. The van der Waals surface area contributed by atoms with Crippen molar-refractivity contribution in [2.45, 2.75) is 25.9 Å². The van der Waals surface area contributed by atoms with Crippen molar-refractivity contribution in [3.05, 3.63) is 241 Å². The topological polar surface area (TPSA) is 25.6 Å². The minimum absolute atomic E-state index is 0.119. The Kier molecular flexibility index (Phi) is 8.94. The zero-order valence-corrected chi connectivity index (χ0v) is 37.3. The quantitative estimate of drug-likeness (QED) is 0.160. The molecule has 0 atom stereocenters. The first-order valence-corrected chi connectivity index (χ1v) is 23.2. The second-order valence-corrected chi connectivity index (χ2v) is 18.4. The second kappa shape index (κ2) is 15.4. The van der Waals surface area contributed by atoms with E-state index in [0.717, 1.165) is 72.6 Å². The molecule has 0 bridgehead atoms. The highest BCUT2D eigenvalue weighted by molar-refractivity contribution is 6.09. The summed E-state index contributed by atoms with van der Waals surface area (Å²) < 4.78 is 12.6. The molecule has 0 N–H and O–H groups in total. The van der Waals surface area contributed by atoms with E-state index in [2.05, 4.69) is 225 Å². The third kappa shape index (κ3) is 6.42. The van der Waals surface area contributed by atoms with E-state index < -0.39 is 0 Å². The van der Waals surface area contributed by atoms with E-state index in [1.54, 1.807) is 0 Å². The van der Waals surface area contributed by atoms with Gasteiger partial charge in [0.2, 0.25) is 0 Å². The summed E-state index contributed by atoms with van der Waals surface area (Å²) in [6.45, 7) is 5.26. The Hall–Kier alpha value is -8.40. The molecule has 1 aliphatic carbocycles. The van der Waals surface area contributed by atoms with E-state index in [4.69, 9.17) is 9.15 Å². The third-order valence-corrected chi connectivity index (χ3v) is 14.3. The molecule has 1 aromatic heterocycles. The average molecular weight is 860 g/mol.